The molecule has 0 aliphatic carbocycles. The molecule has 1 aromatic carbocycles. The zero-order valence-electron chi connectivity index (χ0n) is 19.2. The predicted molar refractivity (Wildman–Crippen MR) is 123 cm³/mol. The third kappa shape index (κ3) is 8.80. The maximum atomic E-state index is 12.8. The summed E-state index contributed by atoms with van der Waals surface area (Å²) < 4.78 is 42.3. The van der Waals surface area contributed by atoms with Crippen LogP contribution >= 0.6 is 0 Å². The zero-order chi connectivity index (χ0) is 26.2. The number of Topliss-reactive ketones (excluding diaryl/α,β-unsaturated/α-hetero) is 1. The fourth-order valence-electron chi connectivity index (χ4n) is 3.23. The summed E-state index contributed by atoms with van der Waals surface area (Å²) in [5, 5.41) is 20.9. The fourth-order valence-corrected chi connectivity index (χ4v) is 3.23. The van der Waals surface area contributed by atoms with E-state index in [1.165, 1.54) is 37.4 Å². The lowest BCUT2D eigenvalue weighted by atomic mass is 9.99. The average molecular weight is 493 g/mol. The molecule has 0 aliphatic heterocycles. The van der Waals surface area contributed by atoms with Gasteiger partial charge < -0.3 is 14.6 Å². The molecule has 0 spiro atoms. The van der Waals surface area contributed by atoms with Crippen molar-refractivity contribution >= 4 is 18.0 Å². The van der Waals surface area contributed by atoms with E-state index in [0.29, 0.717) is 24.0 Å². The van der Waals surface area contributed by atoms with Crippen LogP contribution in [-0.4, -0.2) is 28.3 Å². The molecule has 0 saturated heterocycles. The van der Waals surface area contributed by atoms with Crippen molar-refractivity contribution in [2.45, 2.75) is 51.6 Å². The molecular weight excluding hydrogens is 467 g/mol. The van der Waals surface area contributed by atoms with Crippen molar-refractivity contribution < 1.29 is 37.4 Å². The maximum Gasteiger partial charge on any atom is 0.408 e. The Labute approximate surface area is 199 Å². The number of hydrogen-bond donors (Lipinski definition) is 3. The first-order valence-corrected chi connectivity index (χ1v) is 10.8. The lowest BCUT2D eigenvalue weighted by molar-refractivity contribution is -0.134. The van der Waals surface area contributed by atoms with Gasteiger partial charge in [0.2, 0.25) is 0 Å². The lowest BCUT2D eigenvalue weighted by Gasteiger charge is -2.11. The van der Waals surface area contributed by atoms with Gasteiger partial charge in [0.1, 0.15) is 17.1 Å². The van der Waals surface area contributed by atoms with Gasteiger partial charge >= 0.3 is 17.9 Å². The molecule has 0 radical (unpaired) electrons. The third-order valence-corrected chi connectivity index (χ3v) is 5.17. The second-order valence-corrected chi connectivity index (χ2v) is 8.04. The van der Waals surface area contributed by atoms with Crippen LogP contribution in [0, 0.1) is 0 Å². The number of ketones is 1. The van der Waals surface area contributed by atoms with Gasteiger partial charge in [-0.2, -0.15) is 13.2 Å². The number of carbonyl (C=O) groups is 2. The first kappa shape index (κ1) is 27.4. The van der Waals surface area contributed by atoms with Crippen molar-refractivity contribution in [3.8, 4) is 5.75 Å². The number of aryl methyl sites for hydroxylation is 1. The molecular formula is C25H26F3NO6. The van der Waals surface area contributed by atoms with Crippen LogP contribution in [0.25, 0.3) is 6.08 Å². The van der Waals surface area contributed by atoms with Crippen molar-refractivity contribution in [2.75, 3.05) is 0 Å². The lowest BCUT2D eigenvalue weighted by Crippen LogP contribution is -2.16. The van der Waals surface area contributed by atoms with E-state index >= 15 is 0 Å². The number of alkyl halides is 3. The van der Waals surface area contributed by atoms with Crippen LogP contribution in [0.4, 0.5) is 18.0 Å². The number of hydrogen-bond acceptors (Lipinski definition) is 5. The minimum Gasteiger partial charge on any atom is -0.507 e. The van der Waals surface area contributed by atoms with E-state index in [0.717, 1.165) is 0 Å². The van der Waals surface area contributed by atoms with E-state index in [9.17, 15) is 32.7 Å². The van der Waals surface area contributed by atoms with Crippen molar-refractivity contribution in [3.05, 3.63) is 81.1 Å². The van der Waals surface area contributed by atoms with Crippen LogP contribution in [0.2, 0.25) is 0 Å². The molecule has 1 heterocycles. The molecule has 0 bridgehead atoms. The molecule has 1 atom stereocenters. The fraction of sp³-hybridized carbons (Fsp3) is 0.320. The second-order valence-electron chi connectivity index (χ2n) is 8.04. The molecule has 2 aromatic rings. The van der Waals surface area contributed by atoms with Gasteiger partial charge in [0, 0.05) is 24.6 Å². The van der Waals surface area contributed by atoms with E-state index in [2.05, 4.69) is 5.32 Å². The largest absolute Gasteiger partial charge is 0.507 e. The highest BCUT2D eigenvalue weighted by Crippen LogP contribution is 2.26. The first-order valence-electron chi connectivity index (χ1n) is 10.8. The van der Waals surface area contributed by atoms with Crippen molar-refractivity contribution in [1.82, 2.24) is 5.32 Å². The Morgan fingerprint density at radius 2 is 1.86 bits per heavy atom. The summed E-state index contributed by atoms with van der Waals surface area (Å²) in [7, 11) is 0. The molecule has 7 nitrogen and oxygen atoms in total. The Kier molecular flexibility index (Phi) is 9.44. The van der Waals surface area contributed by atoms with Crippen LogP contribution in [0.1, 0.15) is 66.3 Å². The van der Waals surface area contributed by atoms with Crippen LogP contribution in [-0.2, 0) is 6.42 Å². The average Bonchev–Trinajstić information content (AvgIpc) is 2.76. The maximum absolute atomic E-state index is 12.8. The third-order valence-electron chi connectivity index (χ3n) is 5.17. The molecule has 2 rings (SSSR count). The molecule has 3 N–H and O–H groups in total. The highest BCUT2D eigenvalue weighted by Gasteiger charge is 2.26. The van der Waals surface area contributed by atoms with Gasteiger partial charge in [-0.15, -0.1) is 0 Å². The molecule has 10 heteroatoms. The minimum atomic E-state index is -4.24. The number of amides is 1. The van der Waals surface area contributed by atoms with Gasteiger partial charge in [0.25, 0.3) is 0 Å². The van der Waals surface area contributed by atoms with Gasteiger partial charge in [0.15, 0.2) is 5.78 Å². The Bertz CT molecular complexity index is 1160. The summed E-state index contributed by atoms with van der Waals surface area (Å²) in [6.07, 6.45) is -1.21. The number of carboxylic acid groups (broad SMARTS) is 1. The molecule has 1 unspecified atom stereocenters. The number of aromatic hydroxyl groups is 1. The van der Waals surface area contributed by atoms with Crippen molar-refractivity contribution in [2.24, 2.45) is 0 Å². The summed E-state index contributed by atoms with van der Waals surface area (Å²) in [4.78, 5) is 35.6. The van der Waals surface area contributed by atoms with Gasteiger partial charge in [-0.05, 0) is 49.0 Å². The van der Waals surface area contributed by atoms with Gasteiger partial charge in [-0.3, -0.25) is 10.1 Å². The quantitative estimate of drug-likeness (QED) is 0.285. The van der Waals surface area contributed by atoms with Crippen LogP contribution < -0.4 is 10.9 Å². The Balaban J connectivity index is 2.11. The van der Waals surface area contributed by atoms with E-state index in [1.54, 1.807) is 25.1 Å². The van der Waals surface area contributed by atoms with Crippen molar-refractivity contribution in [1.29, 1.82) is 0 Å². The topological polar surface area (TPSA) is 117 Å². The molecule has 0 saturated carbocycles. The number of halogens is 3. The monoisotopic (exact) mass is 493 g/mol. The number of benzene rings is 1. The predicted octanol–water partition coefficient (Wildman–Crippen LogP) is 5.79. The van der Waals surface area contributed by atoms with E-state index < -0.39 is 41.4 Å². The van der Waals surface area contributed by atoms with Crippen molar-refractivity contribution in [3.63, 3.8) is 0 Å². The summed E-state index contributed by atoms with van der Waals surface area (Å²) in [6.45, 7) is 3.20. The van der Waals surface area contributed by atoms with Gasteiger partial charge in [-0.25, -0.2) is 9.59 Å². The summed E-state index contributed by atoms with van der Waals surface area (Å²) in [6, 6.07) is 7.40. The Morgan fingerprint density at radius 1 is 1.20 bits per heavy atom. The first-order chi connectivity index (χ1) is 16.4. The zero-order valence-corrected chi connectivity index (χ0v) is 19.2. The van der Waals surface area contributed by atoms with Crippen LogP contribution in [0.5, 0.6) is 5.75 Å². The molecule has 0 aliphatic rings. The number of allylic oxidation sites excluding steroid dienone is 2. The highest BCUT2D eigenvalue weighted by molar-refractivity contribution is 6.12. The number of carbonyl (C=O) groups excluding carboxylic acids is 1. The highest BCUT2D eigenvalue weighted by atomic mass is 19.4. The molecule has 1 amide bonds. The smallest absolute Gasteiger partial charge is 0.408 e. The van der Waals surface area contributed by atoms with Crippen LogP contribution in [0.3, 0.4) is 0 Å². The Morgan fingerprint density at radius 3 is 2.43 bits per heavy atom. The van der Waals surface area contributed by atoms with E-state index in [4.69, 9.17) is 9.52 Å². The number of rotatable bonds is 10. The normalized spacial score (nSPS) is 13.1. The van der Waals surface area contributed by atoms with Gasteiger partial charge in [0.05, 0.1) is 0 Å². The van der Waals surface area contributed by atoms with Crippen LogP contribution in [0.15, 0.2) is 57.4 Å². The number of nitrogens with one attached hydrogen (secondary N) is 1. The van der Waals surface area contributed by atoms with E-state index in [-0.39, 0.29) is 23.7 Å². The molecule has 188 valence electrons. The molecule has 1 aromatic heterocycles. The van der Waals surface area contributed by atoms with Gasteiger partial charge in [-0.1, -0.05) is 37.3 Å². The molecule has 0 fully saturated rings. The SMILES string of the molecule is CC(=Cc1ccc(CCC(F)(F)F)cc1)C(=O)c1c(O)cc(C(C)CCC=CNC(=O)O)oc1=O. The summed E-state index contributed by atoms with van der Waals surface area (Å²) >= 11 is 0. The summed E-state index contributed by atoms with van der Waals surface area (Å²) in [5.41, 5.74) is -0.323. The minimum absolute atomic E-state index is 0.132. The standard InChI is InChI=1S/C25H26F3NO6/c1-15(5-3-4-12-29-24(33)34)20-14-19(30)21(23(32)35-20)22(31)16(2)13-18-8-6-17(7-9-18)10-11-25(26,27)28/h4,6-9,12-15,29-30H,3,5,10-11H2,1-2H3,(H,33,34). The Hall–Kier alpha value is -3.82. The second kappa shape index (κ2) is 12.0. The summed E-state index contributed by atoms with van der Waals surface area (Å²) in [5.74, 6) is -1.37. The van der Waals surface area contributed by atoms with E-state index in [1.807, 2.05) is 0 Å². The molecule has 35 heavy (non-hydrogen) atoms.